The Balaban J connectivity index is 1.94. The van der Waals surface area contributed by atoms with Crippen molar-refractivity contribution in [3.63, 3.8) is 0 Å². The van der Waals surface area contributed by atoms with E-state index in [2.05, 4.69) is 39.5 Å². The summed E-state index contributed by atoms with van der Waals surface area (Å²) >= 11 is 4.02. The predicted molar refractivity (Wildman–Crippen MR) is 88.3 cm³/mol. The summed E-state index contributed by atoms with van der Waals surface area (Å²) in [5.74, 6) is 7.34. The van der Waals surface area contributed by atoms with Gasteiger partial charge in [0, 0.05) is 6.42 Å². The predicted octanol–water partition coefficient (Wildman–Crippen LogP) is 3.07. The lowest BCUT2D eigenvalue weighted by atomic mass is 10.0. The van der Waals surface area contributed by atoms with Gasteiger partial charge in [0.1, 0.15) is 0 Å². The number of hydrazine groups is 1. The van der Waals surface area contributed by atoms with Crippen LogP contribution in [-0.2, 0) is 0 Å². The first kappa shape index (κ1) is 14.1. The van der Waals surface area contributed by atoms with Gasteiger partial charge in [-0.05, 0) is 57.3 Å². The van der Waals surface area contributed by atoms with Crippen molar-refractivity contribution in [1.82, 2.24) is 5.43 Å². The van der Waals surface area contributed by atoms with Gasteiger partial charge in [-0.2, -0.15) is 0 Å². The molecule has 2 heterocycles. The maximum absolute atomic E-state index is 5.73. The van der Waals surface area contributed by atoms with E-state index in [9.17, 15) is 0 Å². The summed E-state index contributed by atoms with van der Waals surface area (Å²) in [6.45, 7) is 1.39. The SMILES string of the molecule is NNC(c1csc(I)c1)c1ccc2c(c1)OCCCO2. The quantitative estimate of drug-likeness (QED) is 0.471. The van der Waals surface area contributed by atoms with E-state index >= 15 is 0 Å². The van der Waals surface area contributed by atoms with Gasteiger partial charge >= 0.3 is 0 Å². The fourth-order valence-corrected chi connectivity index (χ4v) is 3.62. The molecule has 0 radical (unpaired) electrons. The second-order valence-corrected chi connectivity index (χ2v) is 7.35. The Hall–Kier alpha value is -0.830. The molecule has 0 aliphatic carbocycles. The van der Waals surface area contributed by atoms with E-state index in [-0.39, 0.29) is 6.04 Å². The second kappa shape index (κ2) is 6.30. The maximum atomic E-state index is 5.73. The molecule has 6 heteroatoms. The van der Waals surface area contributed by atoms with Gasteiger partial charge in [0.05, 0.1) is 22.1 Å². The Morgan fingerprint density at radius 2 is 1.95 bits per heavy atom. The zero-order chi connectivity index (χ0) is 13.9. The monoisotopic (exact) mass is 402 g/mol. The molecular weight excluding hydrogens is 387 g/mol. The average Bonchev–Trinajstić information content (AvgIpc) is 2.75. The highest BCUT2D eigenvalue weighted by molar-refractivity contribution is 14.1. The van der Waals surface area contributed by atoms with Crippen LogP contribution in [0.25, 0.3) is 0 Å². The lowest BCUT2D eigenvalue weighted by molar-refractivity contribution is 0.297. The summed E-state index contributed by atoms with van der Waals surface area (Å²) in [4.78, 5) is 0. The van der Waals surface area contributed by atoms with Crippen LogP contribution in [-0.4, -0.2) is 13.2 Å². The topological polar surface area (TPSA) is 56.5 Å². The number of halogens is 1. The van der Waals surface area contributed by atoms with Gasteiger partial charge in [-0.15, -0.1) is 11.3 Å². The Labute approximate surface area is 135 Å². The highest BCUT2D eigenvalue weighted by Crippen LogP contribution is 2.34. The first-order valence-electron chi connectivity index (χ1n) is 6.37. The van der Waals surface area contributed by atoms with Crippen LogP contribution in [0.15, 0.2) is 29.6 Å². The number of rotatable bonds is 3. The molecule has 106 valence electrons. The fraction of sp³-hybridized carbons (Fsp3) is 0.286. The molecule has 0 fully saturated rings. The van der Waals surface area contributed by atoms with Gasteiger partial charge in [-0.25, -0.2) is 5.43 Å². The minimum Gasteiger partial charge on any atom is -0.490 e. The minimum atomic E-state index is -0.0353. The lowest BCUT2D eigenvalue weighted by Crippen LogP contribution is -2.28. The Morgan fingerprint density at radius 1 is 1.15 bits per heavy atom. The molecule has 1 aromatic heterocycles. The van der Waals surface area contributed by atoms with Gasteiger partial charge in [0.25, 0.3) is 0 Å². The number of hydrogen-bond acceptors (Lipinski definition) is 5. The zero-order valence-electron chi connectivity index (χ0n) is 10.8. The molecule has 0 spiro atoms. The number of benzene rings is 1. The molecule has 1 aliphatic rings. The molecule has 1 aromatic carbocycles. The zero-order valence-corrected chi connectivity index (χ0v) is 13.7. The maximum Gasteiger partial charge on any atom is 0.161 e. The van der Waals surface area contributed by atoms with Crippen molar-refractivity contribution < 1.29 is 9.47 Å². The van der Waals surface area contributed by atoms with Crippen molar-refractivity contribution in [1.29, 1.82) is 0 Å². The molecule has 1 unspecified atom stereocenters. The van der Waals surface area contributed by atoms with E-state index < -0.39 is 0 Å². The third-order valence-electron chi connectivity index (χ3n) is 3.19. The third kappa shape index (κ3) is 2.93. The van der Waals surface area contributed by atoms with Crippen molar-refractivity contribution in [2.75, 3.05) is 13.2 Å². The van der Waals surface area contributed by atoms with Crippen LogP contribution in [0, 0.1) is 2.88 Å². The van der Waals surface area contributed by atoms with Gasteiger partial charge < -0.3 is 9.47 Å². The summed E-state index contributed by atoms with van der Waals surface area (Å²) in [5, 5.41) is 2.12. The number of hydrogen-bond donors (Lipinski definition) is 2. The first-order chi connectivity index (χ1) is 9.78. The fourth-order valence-electron chi connectivity index (χ4n) is 2.22. The van der Waals surface area contributed by atoms with Crippen LogP contribution in [0.2, 0.25) is 0 Å². The van der Waals surface area contributed by atoms with E-state index in [1.807, 2.05) is 18.2 Å². The summed E-state index contributed by atoms with van der Waals surface area (Å²) < 4.78 is 12.6. The van der Waals surface area contributed by atoms with E-state index in [0.29, 0.717) is 13.2 Å². The summed E-state index contributed by atoms with van der Waals surface area (Å²) in [5.41, 5.74) is 5.12. The standard InChI is InChI=1S/C14H15IN2O2S/c15-13-7-10(8-20-13)14(17-16)9-2-3-11-12(6-9)19-5-1-4-18-11/h2-3,6-8,14,17H,1,4-5,16H2. The van der Waals surface area contributed by atoms with Gasteiger partial charge in [0.15, 0.2) is 11.5 Å². The Morgan fingerprint density at radius 3 is 2.65 bits per heavy atom. The van der Waals surface area contributed by atoms with Crippen molar-refractivity contribution in [2.45, 2.75) is 12.5 Å². The number of ether oxygens (including phenoxy) is 2. The second-order valence-electron chi connectivity index (χ2n) is 4.54. The van der Waals surface area contributed by atoms with Crippen LogP contribution in [0.3, 0.4) is 0 Å². The molecule has 3 rings (SSSR count). The highest BCUT2D eigenvalue weighted by atomic mass is 127. The van der Waals surface area contributed by atoms with E-state index in [1.54, 1.807) is 11.3 Å². The number of thiophene rings is 1. The molecule has 0 bridgehead atoms. The molecule has 1 aliphatic heterocycles. The Kier molecular flexibility index (Phi) is 4.45. The van der Waals surface area contributed by atoms with Crippen molar-refractivity contribution >= 4 is 33.9 Å². The lowest BCUT2D eigenvalue weighted by Gasteiger charge is -2.17. The summed E-state index contributed by atoms with van der Waals surface area (Å²) in [6.07, 6.45) is 0.908. The summed E-state index contributed by atoms with van der Waals surface area (Å²) in [7, 11) is 0. The largest absolute Gasteiger partial charge is 0.490 e. The third-order valence-corrected chi connectivity index (χ3v) is 5.00. The number of fused-ring (bicyclic) bond motifs is 1. The van der Waals surface area contributed by atoms with Gasteiger partial charge in [-0.1, -0.05) is 6.07 Å². The molecule has 2 aromatic rings. The average molecular weight is 402 g/mol. The van der Waals surface area contributed by atoms with Crippen molar-refractivity contribution in [3.8, 4) is 11.5 Å². The molecule has 0 amide bonds. The van der Waals surface area contributed by atoms with Crippen LogP contribution < -0.4 is 20.7 Å². The first-order valence-corrected chi connectivity index (χ1v) is 8.33. The number of nitrogens with one attached hydrogen (secondary N) is 1. The van der Waals surface area contributed by atoms with Crippen molar-refractivity contribution in [2.24, 2.45) is 5.84 Å². The van der Waals surface area contributed by atoms with E-state index in [0.717, 1.165) is 29.0 Å². The van der Waals surface area contributed by atoms with Crippen molar-refractivity contribution in [3.05, 3.63) is 43.7 Å². The molecule has 4 nitrogen and oxygen atoms in total. The van der Waals surface area contributed by atoms with Gasteiger partial charge in [-0.3, -0.25) is 5.84 Å². The molecule has 1 atom stereocenters. The molecular formula is C14H15IN2O2S. The Bertz CT molecular complexity index is 603. The normalized spacial score (nSPS) is 15.7. The minimum absolute atomic E-state index is 0.0353. The summed E-state index contributed by atoms with van der Waals surface area (Å²) in [6, 6.07) is 8.10. The van der Waals surface area contributed by atoms with E-state index in [1.165, 1.54) is 2.88 Å². The molecule has 0 saturated heterocycles. The van der Waals surface area contributed by atoms with Crippen LogP contribution in [0.1, 0.15) is 23.6 Å². The molecule has 20 heavy (non-hydrogen) atoms. The van der Waals surface area contributed by atoms with Crippen LogP contribution in [0.4, 0.5) is 0 Å². The van der Waals surface area contributed by atoms with E-state index in [4.69, 9.17) is 15.3 Å². The molecule has 0 saturated carbocycles. The smallest absolute Gasteiger partial charge is 0.161 e. The van der Waals surface area contributed by atoms with Gasteiger partial charge in [0.2, 0.25) is 0 Å². The molecule has 3 N–H and O–H groups in total. The highest BCUT2D eigenvalue weighted by Gasteiger charge is 2.18. The number of nitrogens with two attached hydrogens (primary N) is 1. The van der Waals surface area contributed by atoms with Crippen LogP contribution >= 0.6 is 33.9 Å². The van der Waals surface area contributed by atoms with Crippen LogP contribution in [0.5, 0.6) is 11.5 Å².